The number of methoxy groups -OCH3 is 1. The Kier molecular flexibility index (Phi) is 3.75. The zero-order chi connectivity index (χ0) is 12.3. The van der Waals surface area contributed by atoms with Gasteiger partial charge in [-0.15, -0.1) is 0 Å². The van der Waals surface area contributed by atoms with Gasteiger partial charge in [0.2, 0.25) is 0 Å². The molecular formula is C11H18N4O2. The van der Waals surface area contributed by atoms with Gasteiger partial charge in [0.05, 0.1) is 17.9 Å². The molecule has 6 heteroatoms. The van der Waals surface area contributed by atoms with Gasteiger partial charge in [-0.1, -0.05) is 0 Å². The Morgan fingerprint density at radius 3 is 3.18 bits per heavy atom. The van der Waals surface area contributed by atoms with E-state index >= 15 is 0 Å². The summed E-state index contributed by atoms with van der Waals surface area (Å²) in [6.07, 6.45) is 5.01. The first kappa shape index (κ1) is 12.1. The molecule has 0 radical (unpaired) electrons. The van der Waals surface area contributed by atoms with Gasteiger partial charge in [0, 0.05) is 32.4 Å². The fourth-order valence-electron chi connectivity index (χ4n) is 2.25. The highest BCUT2D eigenvalue weighted by atomic mass is 16.5. The lowest BCUT2D eigenvalue weighted by molar-refractivity contribution is 0.0139. The number of hydrogen-bond acceptors (Lipinski definition) is 4. The third kappa shape index (κ3) is 2.48. The van der Waals surface area contributed by atoms with Crippen molar-refractivity contribution in [3.63, 3.8) is 0 Å². The van der Waals surface area contributed by atoms with Gasteiger partial charge in [0.1, 0.15) is 0 Å². The Balaban J connectivity index is 2.07. The summed E-state index contributed by atoms with van der Waals surface area (Å²) in [6, 6.07) is 0.0519. The third-order valence-corrected chi connectivity index (χ3v) is 3.28. The van der Waals surface area contributed by atoms with Crippen LogP contribution in [-0.2, 0) is 4.74 Å². The highest BCUT2D eigenvalue weighted by Gasteiger charge is 2.31. The van der Waals surface area contributed by atoms with Crippen molar-refractivity contribution in [3.05, 3.63) is 18.0 Å². The highest BCUT2D eigenvalue weighted by molar-refractivity contribution is 5.94. The quantitative estimate of drug-likeness (QED) is 0.775. The van der Waals surface area contributed by atoms with Crippen LogP contribution in [0.4, 0.5) is 0 Å². The molecule has 2 unspecified atom stereocenters. The maximum Gasteiger partial charge on any atom is 0.257 e. The van der Waals surface area contributed by atoms with Crippen molar-refractivity contribution in [2.24, 2.45) is 5.73 Å². The smallest absolute Gasteiger partial charge is 0.257 e. The molecule has 0 aliphatic carbocycles. The summed E-state index contributed by atoms with van der Waals surface area (Å²) in [5.41, 5.74) is 6.31. The van der Waals surface area contributed by atoms with E-state index in [4.69, 9.17) is 10.5 Å². The number of likely N-dealkylation sites (tertiary alicyclic amines) is 1. The number of nitrogens with one attached hydrogen (secondary N) is 1. The van der Waals surface area contributed by atoms with Crippen molar-refractivity contribution in [2.45, 2.75) is 25.0 Å². The van der Waals surface area contributed by atoms with E-state index in [1.807, 2.05) is 4.90 Å². The number of ether oxygens (including phenoxy) is 1. The predicted octanol–water partition coefficient (Wildman–Crippen LogP) is -0.0120. The molecule has 1 aromatic rings. The molecule has 0 aromatic carbocycles. The normalized spacial score (nSPS) is 24.9. The molecule has 0 bridgehead atoms. The van der Waals surface area contributed by atoms with Crippen LogP contribution in [0.25, 0.3) is 0 Å². The van der Waals surface area contributed by atoms with E-state index in [1.54, 1.807) is 13.3 Å². The van der Waals surface area contributed by atoms with Crippen LogP contribution in [0.2, 0.25) is 0 Å². The summed E-state index contributed by atoms with van der Waals surface area (Å²) in [5, 5.41) is 6.44. The molecule has 1 aliphatic rings. The van der Waals surface area contributed by atoms with E-state index in [-0.39, 0.29) is 18.1 Å². The molecule has 0 spiro atoms. The Hall–Kier alpha value is -1.40. The molecule has 1 fully saturated rings. The first-order valence-electron chi connectivity index (χ1n) is 5.79. The summed E-state index contributed by atoms with van der Waals surface area (Å²) in [5.74, 6) is -0.0104. The van der Waals surface area contributed by atoms with Crippen molar-refractivity contribution >= 4 is 5.91 Å². The van der Waals surface area contributed by atoms with Gasteiger partial charge in [-0.25, -0.2) is 0 Å². The standard InChI is InChI=1S/C11H18N4O2/c1-17-10-2-3-15(9(4-10)5-12)11(16)8-6-13-14-7-8/h6-7,9-10H,2-5,12H2,1H3,(H,13,14). The minimum Gasteiger partial charge on any atom is -0.381 e. The highest BCUT2D eigenvalue weighted by Crippen LogP contribution is 2.20. The lowest BCUT2D eigenvalue weighted by atomic mass is 9.98. The van der Waals surface area contributed by atoms with Crippen LogP contribution in [0.1, 0.15) is 23.2 Å². The molecule has 1 aliphatic heterocycles. The molecule has 3 N–H and O–H groups in total. The number of aromatic nitrogens is 2. The van der Waals surface area contributed by atoms with Gasteiger partial charge < -0.3 is 15.4 Å². The average molecular weight is 238 g/mol. The summed E-state index contributed by atoms with van der Waals surface area (Å²) < 4.78 is 5.33. The van der Waals surface area contributed by atoms with Gasteiger partial charge in [0.25, 0.3) is 5.91 Å². The number of amides is 1. The van der Waals surface area contributed by atoms with Crippen LogP contribution in [0.3, 0.4) is 0 Å². The van der Waals surface area contributed by atoms with Crippen molar-refractivity contribution in [2.75, 3.05) is 20.2 Å². The summed E-state index contributed by atoms with van der Waals surface area (Å²) in [4.78, 5) is 14.0. The number of nitrogens with zero attached hydrogens (tertiary/aromatic N) is 2. The van der Waals surface area contributed by atoms with Crippen LogP contribution >= 0.6 is 0 Å². The molecule has 6 nitrogen and oxygen atoms in total. The molecule has 1 amide bonds. The minimum absolute atomic E-state index is 0.0104. The van der Waals surface area contributed by atoms with Crippen molar-refractivity contribution < 1.29 is 9.53 Å². The first-order chi connectivity index (χ1) is 8.26. The lowest BCUT2D eigenvalue weighted by Crippen LogP contribution is -2.51. The molecular weight excluding hydrogens is 220 g/mol. The first-order valence-corrected chi connectivity index (χ1v) is 5.79. The number of rotatable bonds is 3. The molecule has 94 valence electrons. The Bertz CT molecular complexity index is 366. The van der Waals surface area contributed by atoms with E-state index in [0.717, 1.165) is 12.8 Å². The Labute approximate surface area is 100 Å². The van der Waals surface area contributed by atoms with E-state index in [2.05, 4.69) is 10.2 Å². The number of nitrogens with two attached hydrogens (primary N) is 1. The van der Waals surface area contributed by atoms with Crippen molar-refractivity contribution in [1.82, 2.24) is 15.1 Å². The fraction of sp³-hybridized carbons (Fsp3) is 0.636. The maximum atomic E-state index is 12.2. The minimum atomic E-state index is -0.0104. The van der Waals surface area contributed by atoms with E-state index in [0.29, 0.717) is 18.7 Å². The predicted molar refractivity (Wildman–Crippen MR) is 62.5 cm³/mol. The molecule has 1 aromatic heterocycles. The summed E-state index contributed by atoms with van der Waals surface area (Å²) in [7, 11) is 1.70. The van der Waals surface area contributed by atoms with E-state index in [1.165, 1.54) is 6.20 Å². The number of piperidine rings is 1. The number of hydrogen-bond donors (Lipinski definition) is 2. The lowest BCUT2D eigenvalue weighted by Gasteiger charge is -2.38. The van der Waals surface area contributed by atoms with Crippen LogP contribution in [0.15, 0.2) is 12.4 Å². The van der Waals surface area contributed by atoms with Crippen LogP contribution < -0.4 is 5.73 Å². The fourth-order valence-corrected chi connectivity index (χ4v) is 2.25. The number of carbonyl (C=O) groups excluding carboxylic acids is 1. The van der Waals surface area contributed by atoms with E-state index in [9.17, 15) is 4.79 Å². The number of carbonyl (C=O) groups is 1. The van der Waals surface area contributed by atoms with Crippen molar-refractivity contribution in [3.8, 4) is 0 Å². The number of aromatic amines is 1. The van der Waals surface area contributed by atoms with E-state index < -0.39 is 0 Å². The molecule has 17 heavy (non-hydrogen) atoms. The van der Waals surface area contributed by atoms with Gasteiger partial charge in [0.15, 0.2) is 0 Å². The van der Waals surface area contributed by atoms with Gasteiger partial charge in [-0.05, 0) is 12.8 Å². The van der Waals surface area contributed by atoms with Gasteiger partial charge in [-0.3, -0.25) is 9.89 Å². The van der Waals surface area contributed by atoms with Crippen LogP contribution in [-0.4, -0.2) is 53.3 Å². The molecule has 0 saturated carbocycles. The van der Waals surface area contributed by atoms with Crippen molar-refractivity contribution in [1.29, 1.82) is 0 Å². The van der Waals surface area contributed by atoms with Gasteiger partial charge in [-0.2, -0.15) is 5.10 Å². The molecule has 1 saturated heterocycles. The Morgan fingerprint density at radius 2 is 2.59 bits per heavy atom. The summed E-state index contributed by atoms with van der Waals surface area (Å²) >= 11 is 0. The van der Waals surface area contributed by atoms with Crippen LogP contribution in [0.5, 0.6) is 0 Å². The summed E-state index contributed by atoms with van der Waals surface area (Å²) in [6.45, 7) is 1.15. The number of H-pyrrole nitrogens is 1. The molecule has 2 heterocycles. The third-order valence-electron chi connectivity index (χ3n) is 3.28. The molecule has 2 atom stereocenters. The second-order valence-corrected chi connectivity index (χ2v) is 4.26. The average Bonchev–Trinajstić information content (AvgIpc) is 2.91. The second-order valence-electron chi connectivity index (χ2n) is 4.26. The zero-order valence-corrected chi connectivity index (χ0v) is 9.93. The maximum absolute atomic E-state index is 12.2. The molecule has 2 rings (SSSR count). The zero-order valence-electron chi connectivity index (χ0n) is 9.93. The second kappa shape index (κ2) is 5.29. The Morgan fingerprint density at radius 1 is 1.76 bits per heavy atom. The largest absolute Gasteiger partial charge is 0.381 e. The monoisotopic (exact) mass is 238 g/mol. The SMILES string of the molecule is COC1CCN(C(=O)c2cn[nH]c2)C(CN)C1. The van der Waals surface area contributed by atoms with Crippen LogP contribution in [0, 0.1) is 0 Å². The van der Waals surface area contributed by atoms with Gasteiger partial charge >= 0.3 is 0 Å². The topological polar surface area (TPSA) is 84.2 Å².